The van der Waals surface area contributed by atoms with Crippen molar-refractivity contribution in [2.24, 2.45) is 5.41 Å². The Kier molecular flexibility index (Phi) is 1.64. The second-order valence-corrected chi connectivity index (χ2v) is 3.92. The van der Waals surface area contributed by atoms with Crippen molar-refractivity contribution in [2.75, 3.05) is 0 Å². The van der Waals surface area contributed by atoms with Gasteiger partial charge in [-0.15, -0.1) is 8.42 Å². The van der Waals surface area contributed by atoms with Gasteiger partial charge in [0.2, 0.25) is 0 Å². The largest absolute Gasteiger partial charge is 0.506 e. The van der Waals surface area contributed by atoms with Crippen LogP contribution in [0.25, 0.3) is 0 Å². The first-order valence-electron chi connectivity index (χ1n) is 2.98. The minimum Gasteiger partial charge on any atom is -0.315 e. The Balaban J connectivity index is 3.10. The van der Waals surface area contributed by atoms with E-state index in [1.54, 1.807) is 0 Å². The van der Waals surface area contributed by atoms with E-state index in [0.717, 1.165) is 0 Å². The lowest BCUT2D eigenvalue weighted by atomic mass is 9.94. The highest BCUT2D eigenvalue weighted by atomic mass is 32.3. The van der Waals surface area contributed by atoms with Crippen molar-refractivity contribution in [1.82, 2.24) is 0 Å². The summed E-state index contributed by atoms with van der Waals surface area (Å²) in [6, 6.07) is 0. The van der Waals surface area contributed by atoms with Crippen molar-refractivity contribution in [2.45, 2.75) is 13.8 Å². The molecule has 1 aliphatic rings. The molecule has 1 heterocycles. The zero-order chi connectivity index (χ0) is 9.57. The molecule has 68 valence electrons. The molecule has 1 fully saturated rings. The van der Waals surface area contributed by atoms with Gasteiger partial charge < -0.3 is 8.37 Å². The lowest BCUT2D eigenvalue weighted by Gasteiger charge is -2.23. The van der Waals surface area contributed by atoms with E-state index in [1.165, 1.54) is 13.8 Å². The zero-order valence-corrected chi connectivity index (χ0v) is 7.17. The van der Waals surface area contributed by atoms with E-state index in [2.05, 4.69) is 8.37 Å². The summed E-state index contributed by atoms with van der Waals surface area (Å²) >= 11 is 0. The van der Waals surface area contributed by atoms with E-state index in [9.17, 15) is 18.0 Å². The van der Waals surface area contributed by atoms with E-state index >= 15 is 0 Å². The summed E-state index contributed by atoms with van der Waals surface area (Å²) in [7, 11) is -4.45. The average molecular weight is 194 g/mol. The van der Waals surface area contributed by atoms with Gasteiger partial charge in [-0.05, 0) is 13.8 Å². The molecule has 0 radical (unpaired) electrons. The Labute approximate surface area is 68.8 Å². The summed E-state index contributed by atoms with van der Waals surface area (Å²) < 4.78 is 28.6. The molecule has 6 nitrogen and oxygen atoms in total. The third kappa shape index (κ3) is 1.27. The highest BCUT2D eigenvalue weighted by molar-refractivity contribution is 7.82. The summed E-state index contributed by atoms with van der Waals surface area (Å²) in [4.78, 5) is 21.7. The van der Waals surface area contributed by atoms with E-state index in [1.807, 2.05) is 0 Å². The van der Waals surface area contributed by atoms with Gasteiger partial charge in [-0.1, -0.05) is 0 Å². The first-order valence-corrected chi connectivity index (χ1v) is 4.32. The Morgan fingerprint density at radius 2 is 1.42 bits per heavy atom. The number of hydrogen-bond acceptors (Lipinski definition) is 6. The van der Waals surface area contributed by atoms with Crippen LogP contribution in [0, 0.1) is 5.41 Å². The third-order valence-electron chi connectivity index (χ3n) is 1.38. The van der Waals surface area contributed by atoms with Crippen LogP contribution in [0.3, 0.4) is 0 Å². The summed E-state index contributed by atoms with van der Waals surface area (Å²) in [6.45, 7) is 2.43. The van der Waals surface area contributed by atoms with Crippen molar-refractivity contribution < 1.29 is 26.4 Å². The van der Waals surface area contributed by atoms with Gasteiger partial charge in [0.1, 0.15) is 0 Å². The maximum atomic E-state index is 10.8. The minimum atomic E-state index is -4.45. The molecule has 12 heavy (non-hydrogen) atoms. The van der Waals surface area contributed by atoms with Crippen LogP contribution in [-0.2, 0) is 28.4 Å². The lowest BCUT2D eigenvalue weighted by molar-refractivity contribution is -0.164. The average Bonchev–Trinajstić information content (AvgIpc) is 1.82. The van der Waals surface area contributed by atoms with Gasteiger partial charge in [0.25, 0.3) is 0 Å². The zero-order valence-electron chi connectivity index (χ0n) is 6.36. The molecule has 0 spiro atoms. The fourth-order valence-electron chi connectivity index (χ4n) is 0.494. The topological polar surface area (TPSA) is 86.7 Å². The minimum absolute atomic E-state index is 1.13. The fraction of sp³-hybridized carbons (Fsp3) is 0.600. The van der Waals surface area contributed by atoms with Crippen LogP contribution in [0.1, 0.15) is 13.8 Å². The van der Waals surface area contributed by atoms with Gasteiger partial charge in [-0.25, -0.2) is 9.59 Å². The molecule has 0 atom stereocenters. The van der Waals surface area contributed by atoms with Crippen LogP contribution in [0.15, 0.2) is 0 Å². The van der Waals surface area contributed by atoms with Crippen molar-refractivity contribution in [1.29, 1.82) is 0 Å². The molecule has 0 bridgehead atoms. The van der Waals surface area contributed by atoms with Gasteiger partial charge in [0, 0.05) is 0 Å². The summed E-state index contributed by atoms with van der Waals surface area (Å²) in [5, 5.41) is 0. The van der Waals surface area contributed by atoms with Gasteiger partial charge in [-0.2, -0.15) is 0 Å². The molecule has 0 aliphatic carbocycles. The van der Waals surface area contributed by atoms with Crippen molar-refractivity contribution in [3.63, 3.8) is 0 Å². The summed E-state index contributed by atoms with van der Waals surface area (Å²) in [5.74, 6) is -2.25. The Morgan fingerprint density at radius 3 is 1.75 bits per heavy atom. The number of rotatable bonds is 0. The molecule has 0 N–H and O–H groups in total. The van der Waals surface area contributed by atoms with Crippen molar-refractivity contribution in [3.05, 3.63) is 0 Å². The molecule has 7 heteroatoms. The molecule has 1 rings (SSSR count). The molecular formula is C5H6O6S. The molecule has 1 aliphatic heterocycles. The standard InChI is InChI=1S/C5H6O6S/c1-5(2)3(6)10-12(8,9)11-4(5)7/h1-2H3. The second kappa shape index (κ2) is 2.19. The molecule has 1 saturated heterocycles. The predicted octanol–water partition coefficient (Wildman–Crippen LogP) is -0.643. The van der Waals surface area contributed by atoms with E-state index in [-0.39, 0.29) is 0 Å². The number of hydrogen-bond donors (Lipinski definition) is 0. The second-order valence-electron chi connectivity index (χ2n) is 2.77. The van der Waals surface area contributed by atoms with Crippen molar-refractivity contribution in [3.8, 4) is 0 Å². The van der Waals surface area contributed by atoms with Gasteiger partial charge >= 0.3 is 22.3 Å². The maximum absolute atomic E-state index is 10.8. The fourth-order valence-corrected chi connectivity index (χ4v) is 1.32. The highest BCUT2D eigenvalue weighted by Crippen LogP contribution is 2.26. The number of carbonyl (C=O) groups is 2. The van der Waals surface area contributed by atoms with Crippen LogP contribution in [0.4, 0.5) is 0 Å². The summed E-state index contributed by atoms with van der Waals surface area (Å²) in [6.07, 6.45) is 0. The third-order valence-corrected chi connectivity index (χ3v) is 2.09. The molecular weight excluding hydrogens is 188 g/mol. The molecule has 0 aromatic heterocycles. The Morgan fingerprint density at radius 1 is 1.08 bits per heavy atom. The van der Waals surface area contributed by atoms with Crippen LogP contribution in [-0.4, -0.2) is 20.4 Å². The van der Waals surface area contributed by atoms with Crippen molar-refractivity contribution >= 4 is 22.3 Å². The van der Waals surface area contributed by atoms with Gasteiger partial charge in [0.15, 0.2) is 5.41 Å². The normalized spacial score (nSPS) is 25.8. The van der Waals surface area contributed by atoms with Crippen LogP contribution < -0.4 is 0 Å². The van der Waals surface area contributed by atoms with Crippen LogP contribution in [0.2, 0.25) is 0 Å². The van der Waals surface area contributed by atoms with E-state index < -0.39 is 27.8 Å². The Hall–Kier alpha value is -1.11. The van der Waals surface area contributed by atoms with E-state index in [0.29, 0.717) is 0 Å². The lowest BCUT2D eigenvalue weighted by Crippen LogP contribution is -2.44. The molecule has 0 saturated carbocycles. The molecule has 0 aromatic rings. The first-order chi connectivity index (χ1) is 5.26. The van der Waals surface area contributed by atoms with E-state index in [4.69, 9.17) is 0 Å². The predicted molar refractivity (Wildman–Crippen MR) is 34.9 cm³/mol. The molecule has 0 amide bonds. The SMILES string of the molecule is CC1(C)C(=O)OS(=O)(=O)OC1=O. The first kappa shape index (κ1) is 8.98. The maximum Gasteiger partial charge on any atom is 0.506 e. The number of carbonyl (C=O) groups excluding carboxylic acids is 2. The van der Waals surface area contributed by atoms with Gasteiger partial charge in [0.05, 0.1) is 0 Å². The molecule has 0 unspecified atom stereocenters. The van der Waals surface area contributed by atoms with Crippen LogP contribution >= 0.6 is 0 Å². The van der Waals surface area contributed by atoms with Gasteiger partial charge in [-0.3, -0.25) is 0 Å². The Bertz CT molecular complexity index is 311. The monoisotopic (exact) mass is 194 g/mol. The summed E-state index contributed by atoms with van der Waals surface area (Å²) in [5.41, 5.74) is -1.55. The smallest absolute Gasteiger partial charge is 0.315 e. The molecule has 0 aromatic carbocycles. The highest BCUT2D eigenvalue weighted by Gasteiger charge is 2.49. The van der Waals surface area contributed by atoms with Crippen LogP contribution in [0.5, 0.6) is 0 Å². The quantitative estimate of drug-likeness (QED) is 0.476.